The largest absolute Gasteiger partial charge is 0.345 e. The van der Waals surface area contributed by atoms with Crippen molar-refractivity contribution in [2.75, 3.05) is 0 Å². The highest BCUT2D eigenvalue weighted by Gasteiger charge is 2.27. The molecule has 2 aliphatic rings. The highest BCUT2D eigenvalue weighted by atomic mass is 16.2. The number of Topliss-reactive ketones (excluding diaryl/α,β-unsaturated/α-hetero) is 1. The van der Waals surface area contributed by atoms with Crippen LogP contribution in [0.3, 0.4) is 0 Å². The maximum absolute atomic E-state index is 12.2. The molecule has 23 heavy (non-hydrogen) atoms. The van der Waals surface area contributed by atoms with Crippen molar-refractivity contribution < 1.29 is 9.59 Å². The summed E-state index contributed by atoms with van der Waals surface area (Å²) < 4.78 is 3.53. The van der Waals surface area contributed by atoms with E-state index in [0.29, 0.717) is 36.8 Å². The van der Waals surface area contributed by atoms with E-state index >= 15 is 0 Å². The highest BCUT2D eigenvalue weighted by molar-refractivity contribution is 5.99. The third kappa shape index (κ3) is 2.67. The summed E-state index contributed by atoms with van der Waals surface area (Å²) in [7, 11) is 1.94. The number of nitrogens with zero attached hydrogens (tertiary/aromatic N) is 4. The lowest BCUT2D eigenvalue weighted by Crippen LogP contribution is -2.24. The average Bonchev–Trinajstić information content (AvgIpc) is 3.16. The molecular weight excluding hydrogens is 294 g/mol. The Kier molecular flexibility index (Phi) is 3.28. The maximum Gasteiger partial charge on any atom is 0.272 e. The van der Waals surface area contributed by atoms with Crippen LogP contribution in [0.5, 0.6) is 0 Å². The van der Waals surface area contributed by atoms with Crippen molar-refractivity contribution in [1.29, 1.82) is 0 Å². The minimum absolute atomic E-state index is 0.0570. The summed E-state index contributed by atoms with van der Waals surface area (Å²) in [6, 6.07) is 3.64. The summed E-state index contributed by atoms with van der Waals surface area (Å²) in [4.78, 5) is 24.1. The zero-order chi connectivity index (χ0) is 16.0. The molecule has 0 radical (unpaired) electrons. The van der Waals surface area contributed by atoms with Gasteiger partial charge in [-0.05, 0) is 25.3 Å². The minimum Gasteiger partial charge on any atom is -0.345 e. The maximum atomic E-state index is 12.2. The molecule has 4 rings (SSSR count). The molecule has 7 heteroatoms. The second kappa shape index (κ2) is 5.33. The number of hydrogen-bond acceptors (Lipinski definition) is 4. The van der Waals surface area contributed by atoms with Crippen LogP contribution in [0.25, 0.3) is 0 Å². The summed E-state index contributed by atoms with van der Waals surface area (Å²) in [6.07, 6.45) is 3.76. The number of nitrogens with one attached hydrogen (secondary N) is 1. The molecule has 1 N–H and O–H groups in total. The van der Waals surface area contributed by atoms with Gasteiger partial charge in [-0.15, -0.1) is 0 Å². The van der Waals surface area contributed by atoms with Crippen molar-refractivity contribution in [3.63, 3.8) is 0 Å². The lowest BCUT2D eigenvalue weighted by atomic mass is 10.1. The predicted octanol–water partition coefficient (Wildman–Crippen LogP) is 1.40. The van der Waals surface area contributed by atoms with Crippen LogP contribution in [0.15, 0.2) is 12.1 Å². The average molecular weight is 313 g/mol. The van der Waals surface area contributed by atoms with Gasteiger partial charge in [0, 0.05) is 37.7 Å². The molecule has 1 fully saturated rings. The molecule has 1 aliphatic heterocycles. The van der Waals surface area contributed by atoms with E-state index < -0.39 is 0 Å². The fourth-order valence-corrected chi connectivity index (χ4v) is 3.09. The van der Waals surface area contributed by atoms with Gasteiger partial charge in [0.1, 0.15) is 5.69 Å². The van der Waals surface area contributed by atoms with E-state index in [1.54, 1.807) is 10.7 Å². The van der Waals surface area contributed by atoms with E-state index in [-0.39, 0.29) is 11.7 Å². The fourth-order valence-electron chi connectivity index (χ4n) is 3.09. The SMILES string of the molecule is Cn1nc(CNC(=O)c2cc3n(n2)CCCC3=O)cc1C1CC1. The second-order valence-corrected chi connectivity index (χ2v) is 6.31. The molecule has 0 atom stereocenters. The molecule has 2 aromatic rings. The van der Waals surface area contributed by atoms with Crippen LogP contribution in [0.2, 0.25) is 0 Å². The molecule has 1 amide bonds. The Hall–Kier alpha value is -2.44. The molecule has 0 spiro atoms. The number of aryl methyl sites for hydroxylation is 2. The number of hydrogen-bond donors (Lipinski definition) is 1. The topological polar surface area (TPSA) is 81.8 Å². The van der Waals surface area contributed by atoms with Crippen LogP contribution >= 0.6 is 0 Å². The van der Waals surface area contributed by atoms with Gasteiger partial charge in [-0.2, -0.15) is 10.2 Å². The molecule has 0 aromatic carbocycles. The Bertz CT molecular complexity index is 784. The molecule has 7 nitrogen and oxygen atoms in total. The molecule has 120 valence electrons. The Morgan fingerprint density at radius 2 is 2.17 bits per heavy atom. The monoisotopic (exact) mass is 313 g/mol. The molecule has 0 saturated heterocycles. The molecule has 2 aromatic heterocycles. The molecule has 0 unspecified atom stereocenters. The second-order valence-electron chi connectivity index (χ2n) is 6.31. The van der Waals surface area contributed by atoms with Gasteiger partial charge in [0.25, 0.3) is 5.91 Å². The van der Waals surface area contributed by atoms with Gasteiger partial charge in [-0.3, -0.25) is 19.0 Å². The summed E-state index contributed by atoms with van der Waals surface area (Å²) in [6.45, 7) is 1.06. The third-order valence-corrected chi connectivity index (χ3v) is 4.46. The third-order valence-electron chi connectivity index (χ3n) is 4.46. The molecule has 1 saturated carbocycles. The Morgan fingerprint density at radius 3 is 2.91 bits per heavy atom. The van der Waals surface area contributed by atoms with Crippen molar-refractivity contribution in [3.8, 4) is 0 Å². The summed E-state index contributed by atoms with van der Waals surface area (Å²) in [5, 5.41) is 11.5. The Morgan fingerprint density at radius 1 is 1.35 bits per heavy atom. The zero-order valence-corrected chi connectivity index (χ0v) is 13.1. The lowest BCUT2D eigenvalue weighted by Gasteiger charge is -2.10. The van der Waals surface area contributed by atoms with Gasteiger partial charge in [0.15, 0.2) is 11.5 Å². The number of amides is 1. The van der Waals surface area contributed by atoms with Crippen molar-refractivity contribution in [3.05, 3.63) is 34.9 Å². The molecular formula is C16H19N5O2. The summed E-state index contributed by atoms with van der Waals surface area (Å²) in [5.74, 6) is 0.419. The van der Waals surface area contributed by atoms with Gasteiger partial charge in [-0.1, -0.05) is 0 Å². The normalized spacial score (nSPS) is 17.2. The number of fused-ring (bicyclic) bond motifs is 1. The van der Waals surface area contributed by atoms with Crippen LogP contribution in [0, 0.1) is 0 Å². The zero-order valence-electron chi connectivity index (χ0n) is 13.1. The molecule has 0 bridgehead atoms. The highest BCUT2D eigenvalue weighted by Crippen LogP contribution is 2.39. The van der Waals surface area contributed by atoms with Crippen LogP contribution in [0.1, 0.15) is 64.0 Å². The van der Waals surface area contributed by atoms with Gasteiger partial charge in [-0.25, -0.2) is 0 Å². The first kappa shape index (κ1) is 14.2. The van der Waals surface area contributed by atoms with Crippen molar-refractivity contribution in [1.82, 2.24) is 24.9 Å². The molecule has 3 heterocycles. The van der Waals surface area contributed by atoms with Crippen LogP contribution in [-0.4, -0.2) is 31.3 Å². The van der Waals surface area contributed by atoms with Gasteiger partial charge in [0.05, 0.1) is 12.2 Å². The van der Waals surface area contributed by atoms with Crippen molar-refractivity contribution in [2.24, 2.45) is 7.05 Å². The molecule has 1 aliphatic carbocycles. The van der Waals surface area contributed by atoms with Crippen molar-refractivity contribution >= 4 is 11.7 Å². The first-order valence-electron chi connectivity index (χ1n) is 8.04. The van der Waals surface area contributed by atoms with Crippen LogP contribution in [-0.2, 0) is 20.1 Å². The van der Waals surface area contributed by atoms with E-state index in [2.05, 4.69) is 21.6 Å². The van der Waals surface area contributed by atoms with Crippen LogP contribution in [0.4, 0.5) is 0 Å². The number of ketones is 1. The van der Waals surface area contributed by atoms with Crippen LogP contribution < -0.4 is 5.32 Å². The van der Waals surface area contributed by atoms with Gasteiger partial charge >= 0.3 is 0 Å². The van der Waals surface area contributed by atoms with Crippen molar-refractivity contribution in [2.45, 2.75) is 44.7 Å². The summed E-state index contributed by atoms with van der Waals surface area (Å²) in [5.41, 5.74) is 2.92. The predicted molar refractivity (Wildman–Crippen MR) is 82.1 cm³/mol. The smallest absolute Gasteiger partial charge is 0.272 e. The quantitative estimate of drug-likeness (QED) is 0.925. The van der Waals surface area contributed by atoms with E-state index in [9.17, 15) is 9.59 Å². The van der Waals surface area contributed by atoms with E-state index in [1.807, 2.05) is 11.7 Å². The summed E-state index contributed by atoms with van der Waals surface area (Å²) >= 11 is 0. The first-order valence-corrected chi connectivity index (χ1v) is 8.04. The Balaban J connectivity index is 1.44. The fraction of sp³-hybridized carbons (Fsp3) is 0.500. The number of rotatable bonds is 4. The standard InChI is InChI=1S/C16H19N5O2/c1-20-13(10-4-5-10)7-11(18-20)9-17-16(23)12-8-14-15(22)3-2-6-21(14)19-12/h7-8,10H,2-6,9H2,1H3,(H,17,23). The van der Waals surface area contributed by atoms with Gasteiger partial charge < -0.3 is 5.32 Å². The number of carbonyl (C=O) groups excluding carboxylic acids is 2. The first-order chi connectivity index (χ1) is 11.1. The van der Waals surface area contributed by atoms with E-state index in [0.717, 1.165) is 12.1 Å². The minimum atomic E-state index is -0.265. The lowest BCUT2D eigenvalue weighted by molar-refractivity contribution is 0.0936. The number of aromatic nitrogens is 4. The van der Waals surface area contributed by atoms with E-state index in [4.69, 9.17) is 0 Å². The Labute approximate surface area is 133 Å². The van der Waals surface area contributed by atoms with E-state index in [1.165, 1.54) is 18.5 Å². The van der Waals surface area contributed by atoms with Gasteiger partial charge in [0.2, 0.25) is 0 Å². The number of carbonyl (C=O) groups is 2.